The third-order valence-electron chi connectivity index (χ3n) is 2.85. The van der Waals surface area contributed by atoms with Crippen molar-refractivity contribution in [1.82, 2.24) is 0 Å². The highest BCUT2D eigenvalue weighted by atomic mass is 19.1. The maximum absolute atomic E-state index is 13.4. The number of benzene rings is 2. The second-order valence-corrected chi connectivity index (χ2v) is 4.61. The minimum Gasteiger partial charge on any atom is -0.489 e. The molecular weight excluding hydrogens is 241 g/mol. The Bertz CT molecular complexity index is 554. The Labute approximate surface area is 113 Å². The highest BCUT2D eigenvalue weighted by molar-refractivity contribution is 5.30. The average Bonchev–Trinajstić information content (AvgIpc) is 2.36. The Morgan fingerprint density at radius 3 is 2.68 bits per heavy atom. The number of ether oxygens (including phenoxy) is 1. The summed E-state index contributed by atoms with van der Waals surface area (Å²) in [5.74, 6) is 0.259. The molecule has 2 rings (SSSR count). The number of hydrogen-bond acceptors (Lipinski definition) is 2. The van der Waals surface area contributed by atoms with E-state index in [-0.39, 0.29) is 5.82 Å². The summed E-state index contributed by atoms with van der Waals surface area (Å²) >= 11 is 0. The molecule has 0 atom stereocenters. The number of hydrogen-bond donors (Lipinski definition) is 1. The van der Waals surface area contributed by atoms with Crippen molar-refractivity contribution in [2.45, 2.75) is 20.0 Å². The number of halogens is 1. The lowest BCUT2D eigenvalue weighted by atomic mass is 10.1. The van der Waals surface area contributed by atoms with Crippen LogP contribution in [-0.2, 0) is 13.0 Å². The van der Waals surface area contributed by atoms with Gasteiger partial charge in [0.1, 0.15) is 18.2 Å². The fraction of sp³-hybridized carbons (Fsp3) is 0.250. The highest BCUT2D eigenvalue weighted by Crippen LogP contribution is 2.18. The van der Waals surface area contributed by atoms with Crippen LogP contribution in [0.3, 0.4) is 0 Å². The first-order valence-electron chi connectivity index (χ1n) is 6.35. The van der Waals surface area contributed by atoms with Gasteiger partial charge >= 0.3 is 0 Å². The predicted octanol–water partition coefficient (Wildman–Crippen LogP) is 3.21. The third-order valence-corrected chi connectivity index (χ3v) is 2.85. The largest absolute Gasteiger partial charge is 0.489 e. The van der Waals surface area contributed by atoms with E-state index in [2.05, 4.69) is 6.07 Å². The lowest BCUT2D eigenvalue weighted by molar-refractivity contribution is 0.304. The number of rotatable bonds is 5. The van der Waals surface area contributed by atoms with Crippen molar-refractivity contribution in [3.05, 3.63) is 65.0 Å². The van der Waals surface area contributed by atoms with Crippen molar-refractivity contribution in [3.63, 3.8) is 0 Å². The second kappa shape index (κ2) is 6.34. The monoisotopic (exact) mass is 259 g/mol. The average molecular weight is 259 g/mol. The maximum Gasteiger partial charge on any atom is 0.127 e. The molecule has 0 heterocycles. The van der Waals surface area contributed by atoms with Gasteiger partial charge < -0.3 is 10.5 Å². The van der Waals surface area contributed by atoms with Crippen molar-refractivity contribution < 1.29 is 9.13 Å². The lowest BCUT2D eigenvalue weighted by Gasteiger charge is -2.09. The summed E-state index contributed by atoms with van der Waals surface area (Å²) in [6, 6.07) is 12.8. The SMILES string of the molecule is Cc1cccc(COc2cc(F)cc(CCN)c2)c1. The van der Waals surface area contributed by atoms with Crippen molar-refractivity contribution >= 4 is 0 Å². The molecule has 19 heavy (non-hydrogen) atoms. The second-order valence-electron chi connectivity index (χ2n) is 4.61. The zero-order valence-corrected chi connectivity index (χ0v) is 11.0. The fourth-order valence-electron chi connectivity index (χ4n) is 1.98. The zero-order chi connectivity index (χ0) is 13.7. The summed E-state index contributed by atoms with van der Waals surface area (Å²) in [7, 11) is 0. The molecular formula is C16H18FNO. The van der Waals surface area contributed by atoms with Gasteiger partial charge in [-0.3, -0.25) is 0 Å². The molecule has 0 spiro atoms. The third kappa shape index (κ3) is 4.07. The normalized spacial score (nSPS) is 10.5. The van der Waals surface area contributed by atoms with E-state index in [1.807, 2.05) is 31.2 Å². The summed E-state index contributed by atoms with van der Waals surface area (Å²) in [6.07, 6.45) is 0.651. The number of nitrogens with two attached hydrogens (primary N) is 1. The maximum atomic E-state index is 13.4. The molecule has 0 amide bonds. The van der Waals surface area contributed by atoms with Gasteiger partial charge in [-0.1, -0.05) is 29.8 Å². The topological polar surface area (TPSA) is 35.2 Å². The van der Waals surface area contributed by atoms with Crippen LogP contribution in [0.15, 0.2) is 42.5 Å². The van der Waals surface area contributed by atoms with E-state index in [1.54, 1.807) is 0 Å². The first-order chi connectivity index (χ1) is 9.17. The van der Waals surface area contributed by atoms with E-state index in [4.69, 9.17) is 10.5 Å². The molecule has 0 aliphatic carbocycles. The molecule has 0 saturated carbocycles. The van der Waals surface area contributed by atoms with Gasteiger partial charge in [-0.25, -0.2) is 4.39 Å². The minimum atomic E-state index is -0.287. The lowest BCUT2D eigenvalue weighted by Crippen LogP contribution is -2.03. The summed E-state index contributed by atoms with van der Waals surface area (Å²) in [5.41, 5.74) is 8.60. The fourth-order valence-corrected chi connectivity index (χ4v) is 1.98. The van der Waals surface area contributed by atoms with Gasteiger partial charge in [0.25, 0.3) is 0 Å². The van der Waals surface area contributed by atoms with E-state index >= 15 is 0 Å². The Kier molecular flexibility index (Phi) is 4.53. The summed E-state index contributed by atoms with van der Waals surface area (Å²) in [4.78, 5) is 0. The molecule has 0 unspecified atom stereocenters. The standard InChI is InChI=1S/C16H18FNO/c1-12-3-2-4-14(7-12)11-19-16-9-13(5-6-18)8-15(17)10-16/h2-4,7-10H,5-6,11,18H2,1H3. The molecule has 0 aliphatic heterocycles. The summed E-state index contributed by atoms with van der Waals surface area (Å²) in [5, 5.41) is 0. The van der Waals surface area contributed by atoms with Gasteiger partial charge in [0, 0.05) is 6.07 Å². The molecule has 2 N–H and O–H groups in total. The number of aryl methyl sites for hydroxylation is 1. The molecule has 0 aliphatic rings. The van der Waals surface area contributed by atoms with Crippen LogP contribution in [0.25, 0.3) is 0 Å². The molecule has 0 saturated heterocycles. The van der Waals surface area contributed by atoms with Crippen molar-refractivity contribution in [3.8, 4) is 5.75 Å². The molecule has 3 heteroatoms. The van der Waals surface area contributed by atoms with E-state index in [9.17, 15) is 4.39 Å². The van der Waals surface area contributed by atoms with Gasteiger partial charge in [-0.05, 0) is 43.1 Å². The van der Waals surface area contributed by atoms with Crippen LogP contribution in [-0.4, -0.2) is 6.54 Å². The van der Waals surface area contributed by atoms with Crippen LogP contribution in [0.2, 0.25) is 0 Å². The van der Waals surface area contributed by atoms with E-state index in [1.165, 1.54) is 17.7 Å². The van der Waals surface area contributed by atoms with E-state index in [0.717, 1.165) is 11.1 Å². The van der Waals surface area contributed by atoms with Gasteiger partial charge in [-0.2, -0.15) is 0 Å². The Balaban J connectivity index is 2.06. The minimum absolute atomic E-state index is 0.287. The van der Waals surface area contributed by atoms with E-state index < -0.39 is 0 Å². The molecule has 100 valence electrons. The van der Waals surface area contributed by atoms with Gasteiger partial charge in [0.15, 0.2) is 0 Å². The summed E-state index contributed by atoms with van der Waals surface area (Å²) < 4.78 is 19.1. The molecule has 2 aromatic carbocycles. The first-order valence-corrected chi connectivity index (χ1v) is 6.35. The molecule has 2 aromatic rings. The van der Waals surface area contributed by atoms with Crippen LogP contribution in [0.1, 0.15) is 16.7 Å². The van der Waals surface area contributed by atoms with Gasteiger partial charge in [0.2, 0.25) is 0 Å². The smallest absolute Gasteiger partial charge is 0.127 e. The van der Waals surface area contributed by atoms with Crippen LogP contribution < -0.4 is 10.5 Å². The predicted molar refractivity (Wildman–Crippen MR) is 74.7 cm³/mol. The molecule has 0 aromatic heterocycles. The van der Waals surface area contributed by atoms with Crippen LogP contribution >= 0.6 is 0 Å². The Morgan fingerprint density at radius 1 is 1.11 bits per heavy atom. The van der Waals surface area contributed by atoms with Crippen LogP contribution in [0, 0.1) is 12.7 Å². The van der Waals surface area contributed by atoms with Crippen LogP contribution in [0.4, 0.5) is 4.39 Å². The van der Waals surface area contributed by atoms with Crippen molar-refractivity contribution in [2.24, 2.45) is 5.73 Å². The van der Waals surface area contributed by atoms with E-state index in [0.29, 0.717) is 25.3 Å². The van der Waals surface area contributed by atoms with Gasteiger partial charge in [-0.15, -0.1) is 0 Å². The first kappa shape index (κ1) is 13.6. The van der Waals surface area contributed by atoms with Crippen LogP contribution in [0.5, 0.6) is 5.75 Å². The van der Waals surface area contributed by atoms with Crippen molar-refractivity contribution in [2.75, 3.05) is 6.54 Å². The van der Waals surface area contributed by atoms with Gasteiger partial charge in [0.05, 0.1) is 0 Å². The summed E-state index contributed by atoms with van der Waals surface area (Å²) in [6.45, 7) is 2.97. The Hall–Kier alpha value is -1.87. The quantitative estimate of drug-likeness (QED) is 0.894. The molecule has 0 radical (unpaired) electrons. The molecule has 2 nitrogen and oxygen atoms in total. The highest BCUT2D eigenvalue weighted by Gasteiger charge is 2.02. The molecule has 0 bridgehead atoms. The van der Waals surface area contributed by atoms with Crippen molar-refractivity contribution in [1.29, 1.82) is 0 Å². The zero-order valence-electron chi connectivity index (χ0n) is 11.0. The Morgan fingerprint density at radius 2 is 1.95 bits per heavy atom. The molecule has 0 fully saturated rings.